The Morgan fingerprint density at radius 1 is 0.938 bits per heavy atom. The van der Waals surface area contributed by atoms with Crippen molar-refractivity contribution < 1.29 is 4.74 Å². The van der Waals surface area contributed by atoms with Crippen LogP contribution in [0.25, 0.3) is 0 Å². The van der Waals surface area contributed by atoms with E-state index in [1.54, 1.807) is 0 Å². The summed E-state index contributed by atoms with van der Waals surface area (Å²) in [4.78, 5) is 0. The fraction of sp³-hybridized carbons (Fsp3) is 0.120. The van der Waals surface area contributed by atoms with E-state index in [2.05, 4.69) is 16.7 Å². The SMILES string of the molecule is Cc1nn(Cc2cccc(Oc3ccccc3)c2)c(C)c1NC(=S)Nc1cccc(Cl)c1. The topological polar surface area (TPSA) is 51.1 Å². The lowest BCUT2D eigenvalue weighted by Crippen LogP contribution is -2.20. The first-order valence-electron chi connectivity index (χ1n) is 10.2. The fourth-order valence-electron chi connectivity index (χ4n) is 3.38. The lowest BCUT2D eigenvalue weighted by atomic mass is 10.2. The third kappa shape index (κ3) is 5.46. The number of benzene rings is 3. The van der Waals surface area contributed by atoms with Gasteiger partial charge in [0.15, 0.2) is 5.11 Å². The van der Waals surface area contributed by atoms with Crippen molar-refractivity contribution in [1.82, 2.24) is 9.78 Å². The number of thiocarbonyl (C=S) groups is 1. The van der Waals surface area contributed by atoms with E-state index in [-0.39, 0.29) is 0 Å². The molecule has 0 bridgehead atoms. The molecule has 0 spiro atoms. The molecule has 0 fully saturated rings. The van der Waals surface area contributed by atoms with Crippen LogP contribution in [0.4, 0.5) is 11.4 Å². The normalized spacial score (nSPS) is 10.6. The Labute approximate surface area is 198 Å². The van der Waals surface area contributed by atoms with Crippen molar-refractivity contribution in [1.29, 1.82) is 0 Å². The van der Waals surface area contributed by atoms with Crippen LogP contribution >= 0.6 is 23.8 Å². The number of halogens is 1. The number of nitrogens with one attached hydrogen (secondary N) is 2. The average Bonchev–Trinajstić information content (AvgIpc) is 3.02. The predicted molar refractivity (Wildman–Crippen MR) is 135 cm³/mol. The highest BCUT2D eigenvalue weighted by Gasteiger charge is 2.13. The van der Waals surface area contributed by atoms with Crippen molar-refractivity contribution in [2.24, 2.45) is 0 Å². The smallest absolute Gasteiger partial charge is 0.175 e. The van der Waals surface area contributed by atoms with Gasteiger partial charge in [0.1, 0.15) is 11.5 Å². The van der Waals surface area contributed by atoms with Gasteiger partial charge in [-0.1, -0.05) is 48.0 Å². The maximum Gasteiger partial charge on any atom is 0.175 e. The standard InChI is InChI=1S/C25H23ClN4OS/c1-17-24(28-25(32)27-21-10-7-9-20(26)15-21)18(2)30(29-17)16-19-8-6-13-23(14-19)31-22-11-4-3-5-12-22/h3-15H,16H2,1-2H3,(H2,27,28,32). The van der Waals surface area contributed by atoms with Crippen LogP contribution in [0.3, 0.4) is 0 Å². The monoisotopic (exact) mass is 462 g/mol. The Kier molecular flexibility index (Phi) is 6.73. The van der Waals surface area contributed by atoms with E-state index in [0.29, 0.717) is 16.7 Å². The second-order valence-corrected chi connectivity index (χ2v) is 8.20. The molecule has 32 heavy (non-hydrogen) atoms. The lowest BCUT2D eigenvalue weighted by molar-refractivity contribution is 0.481. The Morgan fingerprint density at radius 3 is 2.47 bits per heavy atom. The molecule has 4 rings (SSSR count). The van der Waals surface area contributed by atoms with Crippen LogP contribution in [0.15, 0.2) is 78.9 Å². The van der Waals surface area contributed by atoms with Gasteiger partial charge in [0, 0.05) is 10.7 Å². The second-order valence-electron chi connectivity index (χ2n) is 7.36. The zero-order valence-corrected chi connectivity index (χ0v) is 19.4. The van der Waals surface area contributed by atoms with Crippen LogP contribution in [-0.2, 0) is 6.54 Å². The van der Waals surface area contributed by atoms with Crippen LogP contribution < -0.4 is 15.4 Å². The second kappa shape index (κ2) is 9.85. The van der Waals surface area contributed by atoms with Crippen LogP contribution in [-0.4, -0.2) is 14.9 Å². The molecule has 0 saturated carbocycles. The number of para-hydroxylation sites is 1. The molecular formula is C25H23ClN4OS. The third-order valence-electron chi connectivity index (χ3n) is 4.91. The molecule has 0 aliphatic carbocycles. The molecule has 0 aliphatic heterocycles. The summed E-state index contributed by atoms with van der Waals surface area (Å²) < 4.78 is 7.92. The van der Waals surface area contributed by atoms with Gasteiger partial charge >= 0.3 is 0 Å². The molecule has 0 aliphatic rings. The van der Waals surface area contributed by atoms with Crippen LogP contribution in [0.2, 0.25) is 5.02 Å². The molecule has 7 heteroatoms. The van der Waals surface area contributed by atoms with Gasteiger partial charge in [0.25, 0.3) is 0 Å². The predicted octanol–water partition coefficient (Wildman–Crippen LogP) is 6.80. The minimum absolute atomic E-state index is 0.483. The highest BCUT2D eigenvalue weighted by molar-refractivity contribution is 7.80. The van der Waals surface area contributed by atoms with E-state index in [1.807, 2.05) is 91.3 Å². The van der Waals surface area contributed by atoms with E-state index < -0.39 is 0 Å². The molecule has 3 aromatic carbocycles. The molecule has 4 aromatic rings. The number of ether oxygens (including phenoxy) is 1. The molecule has 0 unspecified atom stereocenters. The fourth-order valence-corrected chi connectivity index (χ4v) is 3.79. The van der Waals surface area contributed by atoms with E-state index in [9.17, 15) is 0 Å². The molecular weight excluding hydrogens is 440 g/mol. The molecule has 0 radical (unpaired) electrons. The van der Waals surface area contributed by atoms with E-state index in [4.69, 9.17) is 33.7 Å². The number of nitrogens with zero attached hydrogens (tertiary/aromatic N) is 2. The van der Waals surface area contributed by atoms with Crippen molar-refractivity contribution in [2.45, 2.75) is 20.4 Å². The van der Waals surface area contributed by atoms with Crippen LogP contribution in [0.5, 0.6) is 11.5 Å². The van der Waals surface area contributed by atoms with Gasteiger partial charge in [-0.05, 0) is 74.1 Å². The summed E-state index contributed by atoms with van der Waals surface area (Å²) >= 11 is 11.5. The zero-order chi connectivity index (χ0) is 22.5. The van der Waals surface area contributed by atoms with Gasteiger partial charge in [0.05, 0.1) is 23.6 Å². The van der Waals surface area contributed by atoms with Crippen LogP contribution in [0.1, 0.15) is 17.0 Å². The first-order chi connectivity index (χ1) is 15.5. The minimum Gasteiger partial charge on any atom is -0.457 e. The van der Waals surface area contributed by atoms with Gasteiger partial charge < -0.3 is 15.4 Å². The minimum atomic E-state index is 0.483. The van der Waals surface area contributed by atoms with Crippen molar-refractivity contribution in [3.63, 3.8) is 0 Å². The van der Waals surface area contributed by atoms with Crippen molar-refractivity contribution in [2.75, 3.05) is 10.6 Å². The molecule has 1 heterocycles. The van der Waals surface area contributed by atoms with Crippen LogP contribution in [0, 0.1) is 13.8 Å². The number of hydrogen-bond donors (Lipinski definition) is 2. The zero-order valence-electron chi connectivity index (χ0n) is 17.8. The maximum atomic E-state index is 6.05. The molecule has 1 aromatic heterocycles. The van der Waals surface area contributed by atoms with Gasteiger partial charge in [-0.15, -0.1) is 0 Å². The number of hydrogen-bond acceptors (Lipinski definition) is 3. The molecule has 5 nitrogen and oxygen atoms in total. The molecule has 2 N–H and O–H groups in total. The summed E-state index contributed by atoms with van der Waals surface area (Å²) in [6, 6.07) is 25.2. The number of rotatable bonds is 6. The molecule has 0 saturated heterocycles. The molecule has 162 valence electrons. The first kappa shape index (κ1) is 21.9. The summed E-state index contributed by atoms with van der Waals surface area (Å²) in [5, 5.41) is 12.3. The lowest BCUT2D eigenvalue weighted by Gasteiger charge is -2.12. The summed E-state index contributed by atoms with van der Waals surface area (Å²) in [5.74, 6) is 1.60. The van der Waals surface area contributed by atoms with Crippen molar-refractivity contribution >= 4 is 40.3 Å². The van der Waals surface area contributed by atoms with E-state index in [1.165, 1.54) is 0 Å². The Hall–Kier alpha value is -3.35. The summed E-state index contributed by atoms with van der Waals surface area (Å²) in [6.45, 7) is 4.60. The number of anilines is 2. The highest BCUT2D eigenvalue weighted by Crippen LogP contribution is 2.25. The Bertz CT molecular complexity index is 1240. The Balaban J connectivity index is 1.46. The largest absolute Gasteiger partial charge is 0.457 e. The Morgan fingerprint density at radius 2 is 1.69 bits per heavy atom. The number of aryl methyl sites for hydroxylation is 1. The van der Waals surface area contributed by atoms with Crippen molar-refractivity contribution in [3.05, 3.63) is 101 Å². The van der Waals surface area contributed by atoms with Gasteiger partial charge in [-0.25, -0.2) is 0 Å². The van der Waals surface area contributed by atoms with Gasteiger partial charge in [-0.3, -0.25) is 4.68 Å². The number of aromatic nitrogens is 2. The summed E-state index contributed by atoms with van der Waals surface area (Å²) in [6.07, 6.45) is 0. The third-order valence-corrected chi connectivity index (χ3v) is 5.35. The quantitative estimate of drug-likeness (QED) is 0.308. The van der Waals surface area contributed by atoms with Gasteiger partial charge in [-0.2, -0.15) is 5.10 Å². The van der Waals surface area contributed by atoms with E-state index in [0.717, 1.165) is 39.8 Å². The summed E-state index contributed by atoms with van der Waals surface area (Å²) in [7, 11) is 0. The highest BCUT2D eigenvalue weighted by atomic mass is 35.5. The average molecular weight is 463 g/mol. The summed E-state index contributed by atoms with van der Waals surface area (Å²) in [5.41, 5.74) is 4.67. The molecule has 0 atom stereocenters. The van der Waals surface area contributed by atoms with E-state index >= 15 is 0 Å². The van der Waals surface area contributed by atoms with Crippen molar-refractivity contribution in [3.8, 4) is 11.5 Å². The first-order valence-corrected chi connectivity index (χ1v) is 11.0. The van der Waals surface area contributed by atoms with Gasteiger partial charge in [0.2, 0.25) is 0 Å². The maximum absolute atomic E-state index is 6.05. The molecule has 0 amide bonds.